The molecule has 1 aliphatic rings. The quantitative estimate of drug-likeness (QED) is 0.386. The summed E-state index contributed by atoms with van der Waals surface area (Å²) >= 11 is 16.3. The third-order valence-electron chi connectivity index (χ3n) is 2.81. The standard InChI is InChI=1S/C11H16Cl3NO6/c1-2-3-20-9-6(15-10(19)11(12,13)14)8(18)7(17)5(4-16)21-9/h2,5-9,16-18H,1,3-4H2,(H,15,19)/t5-,6-,7-,8-,9+/m1/s1. The van der Waals surface area contributed by atoms with Crippen molar-refractivity contribution in [3.63, 3.8) is 0 Å². The van der Waals surface area contributed by atoms with Gasteiger partial charge in [-0.05, 0) is 0 Å². The molecule has 5 atom stereocenters. The van der Waals surface area contributed by atoms with Crippen LogP contribution in [0.3, 0.4) is 0 Å². The van der Waals surface area contributed by atoms with E-state index in [1.807, 2.05) is 0 Å². The van der Waals surface area contributed by atoms with Crippen LogP contribution in [0.2, 0.25) is 0 Å². The van der Waals surface area contributed by atoms with E-state index in [4.69, 9.17) is 49.4 Å². The number of amides is 1. The molecule has 0 aromatic carbocycles. The molecule has 10 heteroatoms. The van der Waals surface area contributed by atoms with Crippen LogP contribution in [-0.4, -0.2) is 68.9 Å². The number of rotatable bonds is 5. The average Bonchev–Trinajstić information content (AvgIpc) is 2.41. The Balaban J connectivity index is 2.88. The lowest BCUT2D eigenvalue weighted by Crippen LogP contribution is -2.65. The zero-order chi connectivity index (χ0) is 16.2. The summed E-state index contributed by atoms with van der Waals surface area (Å²) in [6.45, 7) is 2.95. The number of carbonyl (C=O) groups is 1. The molecular formula is C11H16Cl3NO6. The SMILES string of the molecule is C=CCO[C@H]1O[C@H](CO)[C@@H](O)[C@H](O)[C@H]1NC(=O)C(Cl)(Cl)Cl. The highest BCUT2D eigenvalue weighted by atomic mass is 35.6. The predicted molar refractivity (Wildman–Crippen MR) is 76.1 cm³/mol. The Labute approximate surface area is 136 Å². The van der Waals surface area contributed by atoms with Gasteiger partial charge >= 0.3 is 0 Å². The number of aliphatic hydroxyl groups excluding tert-OH is 3. The molecule has 0 saturated carbocycles. The lowest BCUT2D eigenvalue weighted by molar-refractivity contribution is -0.267. The largest absolute Gasteiger partial charge is 0.394 e. The van der Waals surface area contributed by atoms with E-state index in [2.05, 4.69) is 11.9 Å². The molecule has 0 spiro atoms. The Morgan fingerprint density at radius 2 is 2.00 bits per heavy atom. The van der Waals surface area contributed by atoms with Gasteiger partial charge in [0.05, 0.1) is 13.2 Å². The van der Waals surface area contributed by atoms with E-state index in [0.29, 0.717) is 0 Å². The van der Waals surface area contributed by atoms with Crippen molar-refractivity contribution in [3.8, 4) is 0 Å². The van der Waals surface area contributed by atoms with Crippen LogP contribution >= 0.6 is 34.8 Å². The van der Waals surface area contributed by atoms with Gasteiger partial charge in [-0.25, -0.2) is 0 Å². The van der Waals surface area contributed by atoms with Crippen molar-refractivity contribution in [3.05, 3.63) is 12.7 Å². The molecule has 21 heavy (non-hydrogen) atoms. The molecule has 1 saturated heterocycles. The fourth-order valence-electron chi connectivity index (χ4n) is 1.77. The van der Waals surface area contributed by atoms with E-state index < -0.39 is 47.0 Å². The third-order valence-corrected chi connectivity index (χ3v) is 3.33. The number of halogens is 3. The van der Waals surface area contributed by atoms with Crippen LogP contribution in [0.5, 0.6) is 0 Å². The Bertz CT molecular complexity index is 377. The molecule has 1 amide bonds. The Hall–Kier alpha value is -0.120. The minimum absolute atomic E-state index is 0.0474. The molecule has 0 aromatic heterocycles. The first kappa shape index (κ1) is 18.9. The topological polar surface area (TPSA) is 108 Å². The fourth-order valence-corrected chi connectivity index (χ4v) is 1.94. The molecule has 122 valence electrons. The second-order valence-corrected chi connectivity index (χ2v) is 6.61. The summed E-state index contributed by atoms with van der Waals surface area (Å²) in [5.74, 6) is -1.01. The van der Waals surface area contributed by atoms with Crippen molar-refractivity contribution >= 4 is 40.7 Å². The van der Waals surface area contributed by atoms with E-state index in [9.17, 15) is 15.0 Å². The number of hydrogen-bond donors (Lipinski definition) is 4. The van der Waals surface area contributed by atoms with E-state index in [1.165, 1.54) is 6.08 Å². The van der Waals surface area contributed by atoms with E-state index in [0.717, 1.165) is 0 Å². The minimum Gasteiger partial charge on any atom is -0.394 e. The van der Waals surface area contributed by atoms with E-state index in [-0.39, 0.29) is 6.61 Å². The monoisotopic (exact) mass is 363 g/mol. The van der Waals surface area contributed by atoms with E-state index >= 15 is 0 Å². The first-order chi connectivity index (χ1) is 9.72. The smallest absolute Gasteiger partial charge is 0.272 e. The van der Waals surface area contributed by atoms with E-state index in [1.54, 1.807) is 0 Å². The van der Waals surface area contributed by atoms with Crippen molar-refractivity contribution in [2.75, 3.05) is 13.2 Å². The lowest BCUT2D eigenvalue weighted by Gasteiger charge is -2.42. The maximum absolute atomic E-state index is 11.7. The van der Waals surface area contributed by atoms with Crippen LogP contribution in [0, 0.1) is 0 Å². The molecule has 1 heterocycles. The number of carbonyl (C=O) groups excluding carboxylic acids is 1. The van der Waals surface area contributed by atoms with Crippen LogP contribution in [0.25, 0.3) is 0 Å². The van der Waals surface area contributed by atoms with Crippen molar-refractivity contribution in [2.24, 2.45) is 0 Å². The molecule has 0 radical (unpaired) electrons. The molecular weight excluding hydrogens is 348 g/mol. The van der Waals surface area contributed by atoms with Gasteiger partial charge < -0.3 is 30.1 Å². The van der Waals surface area contributed by atoms with Crippen LogP contribution in [0.1, 0.15) is 0 Å². The molecule has 7 nitrogen and oxygen atoms in total. The van der Waals surface area contributed by atoms with Gasteiger partial charge in [0.2, 0.25) is 0 Å². The molecule has 0 unspecified atom stereocenters. The maximum atomic E-state index is 11.7. The molecule has 1 aliphatic heterocycles. The number of nitrogens with one attached hydrogen (secondary N) is 1. The van der Waals surface area contributed by atoms with Gasteiger partial charge in [-0.1, -0.05) is 40.9 Å². The van der Waals surface area contributed by atoms with Gasteiger partial charge in [0, 0.05) is 0 Å². The highest BCUT2D eigenvalue weighted by molar-refractivity contribution is 6.76. The average molecular weight is 365 g/mol. The van der Waals surface area contributed by atoms with Crippen LogP contribution < -0.4 is 5.32 Å². The summed E-state index contributed by atoms with van der Waals surface area (Å²) in [6.07, 6.45) is -3.74. The summed E-state index contributed by atoms with van der Waals surface area (Å²) in [5, 5.41) is 31.2. The molecule has 1 fully saturated rings. The third kappa shape index (κ3) is 4.94. The van der Waals surface area contributed by atoms with Crippen molar-refractivity contribution in [1.82, 2.24) is 5.32 Å². The van der Waals surface area contributed by atoms with Gasteiger partial charge in [0.25, 0.3) is 9.70 Å². The predicted octanol–water partition coefficient (Wildman–Crippen LogP) is -0.517. The first-order valence-electron chi connectivity index (χ1n) is 5.95. The highest BCUT2D eigenvalue weighted by Crippen LogP contribution is 2.28. The molecule has 0 aliphatic carbocycles. The van der Waals surface area contributed by atoms with Crippen LogP contribution in [-0.2, 0) is 14.3 Å². The lowest BCUT2D eigenvalue weighted by atomic mass is 9.97. The Morgan fingerprint density at radius 3 is 2.48 bits per heavy atom. The second kappa shape index (κ2) is 7.94. The Kier molecular flexibility index (Phi) is 7.15. The van der Waals surface area contributed by atoms with Gasteiger partial charge in [-0.15, -0.1) is 6.58 Å². The fraction of sp³-hybridized carbons (Fsp3) is 0.727. The first-order valence-corrected chi connectivity index (χ1v) is 7.08. The van der Waals surface area contributed by atoms with Crippen LogP contribution in [0.15, 0.2) is 12.7 Å². The molecule has 1 rings (SSSR count). The van der Waals surface area contributed by atoms with Gasteiger partial charge in [-0.2, -0.15) is 0 Å². The zero-order valence-electron chi connectivity index (χ0n) is 10.8. The summed E-state index contributed by atoms with van der Waals surface area (Å²) in [6, 6.07) is -1.19. The van der Waals surface area contributed by atoms with Crippen molar-refractivity contribution in [2.45, 2.75) is 34.4 Å². The normalized spacial score (nSPS) is 33.5. The molecule has 4 N–H and O–H groups in total. The molecule has 0 bridgehead atoms. The summed E-state index contributed by atoms with van der Waals surface area (Å²) in [7, 11) is 0. The number of ether oxygens (including phenoxy) is 2. The summed E-state index contributed by atoms with van der Waals surface area (Å²) in [5.41, 5.74) is 0. The number of alkyl halides is 3. The molecule has 0 aromatic rings. The second-order valence-electron chi connectivity index (χ2n) is 4.33. The minimum atomic E-state index is -2.25. The van der Waals surface area contributed by atoms with Gasteiger partial charge in [-0.3, -0.25) is 4.79 Å². The van der Waals surface area contributed by atoms with Crippen LogP contribution in [0.4, 0.5) is 0 Å². The zero-order valence-corrected chi connectivity index (χ0v) is 13.1. The Morgan fingerprint density at radius 1 is 1.38 bits per heavy atom. The summed E-state index contributed by atoms with van der Waals surface area (Å²) < 4.78 is 8.27. The number of aliphatic hydroxyl groups is 3. The van der Waals surface area contributed by atoms with Crippen molar-refractivity contribution < 1.29 is 29.6 Å². The van der Waals surface area contributed by atoms with Gasteiger partial charge in [0.1, 0.15) is 24.4 Å². The number of hydrogen-bond acceptors (Lipinski definition) is 6. The maximum Gasteiger partial charge on any atom is 0.272 e. The highest BCUT2D eigenvalue weighted by Gasteiger charge is 2.47. The van der Waals surface area contributed by atoms with Gasteiger partial charge in [0.15, 0.2) is 6.29 Å². The van der Waals surface area contributed by atoms with Crippen molar-refractivity contribution in [1.29, 1.82) is 0 Å². The summed E-state index contributed by atoms with van der Waals surface area (Å²) in [4.78, 5) is 11.7.